The van der Waals surface area contributed by atoms with Gasteiger partial charge in [0.25, 0.3) is 0 Å². The van der Waals surface area contributed by atoms with E-state index in [-0.39, 0.29) is 11.8 Å². The maximum absolute atomic E-state index is 14.2. The highest BCUT2D eigenvalue weighted by Gasteiger charge is 2.65. The van der Waals surface area contributed by atoms with Crippen molar-refractivity contribution in [3.8, 4) is 0 Å². The molecule has 4 atom stereocenters. The van der Waals surface area contributed by atoms with Gasteiger partial charge in [0, 0.05) is 6.20 Å². The number of esters is 1. The highest BCUT2D eigenvalue weighted by atomic mass is 16.5. The number of anilines is 1. The second-order valence-electron chi connectivity index (χ2n) is 10.3. The Balaban J connectivity index is 1.31. The molecule has 196 valence electrons. The Bertz CT molecular complexity index is 1580. The van der Waals surface area contributed by atoms with E-state index in [1.54, 1.807) is 24.3 Å². The molecule has 0 aliphatic carbocycles. The SMILES string of the molecule is O=C(OC(c1ccccc1)c1ccccc1)[C@@H]1[C@@H]2C(=O)N(c3ccccc3)C(=O)[C@@H]2[C@@H]2c3ccccc3C=CN12. The molecule has 6 nitrogen and oxygen atoms in total. The van der Waals surface area contributed by atoms with Gasteiger partial charge in [0.2, 0.25) is 11.8 Å². The van der Waals surface area contributed by atoms with Crippen molar-refractivity contribution in [2.45, 2.75) is 18.2 Å². The van der Waals surface area contributed by atoms with Crippen LogP contribution in [0.3, 0.4) is 0 Å². The van der Waals surface area contributed by atoms with E-state index < -0.39 is 36.0 Å². The van der Waals surface area contributed by atoms with Crippen molar-refractivity contribution < 1.29 is 19.1 Å². The number of amides is 2. The summed E-state index contributed by atoms with van der Waals surface area (Å²) in [6.07, 6.45) is 3.11. The van der Waals surface area contributed by atoms with Crippen LogP contribution in [-0.4, -0.2) is 28.7 Å². The highest BCUT2D eigenvalue weighted by molar-refractivity contribution is 6.23. The van der Waals surface area contributed by atoms with Gasteiger partial charge in [-0.3, -0.25) is 9.59 Å². The van der Waals surface area contributed by atoms with Crippen LogP contribution in [0.25, 0.3) is 6.08 Å². The Hall–Kier alpha value is -4.97. The first-order valence-corrected chi connectivity index (χ1v) is 13.4. The van der Waals surface area contributed by atoms with E-state index in [1.165, 1.54) is 4.90 Å². The molecule has 7 rings (SSSR count). The first-order chi connectivity index (χ1) is 19.6. The fraction of sp³-hybridized carbons (Fsp3) is 0.147. The number of nitrogens with zero attached hydrogens (tertiary/aromatic N) is 2. The Morgan fingerprint density at radius 2 is 1.23 bits per heavy atom. The van der Waals surface area contributed by atoms with Crippen molar-refractivity contribution in [2.75, 3.05) is 4.90 Å². The standard InChI is InChI=1S/C34H26N2O4/c37-32-27-28(33(38)36(32)25-17-8-3-9-18-25)30(35-21-20-22-12-10-11-19-26(22)29(27)35)34(39)40-31(23-13-4-1-5-14-23)24-15-6-2-7-16-24/h1-21,27-31H/t27-,28+,29-,30-/m0/s1. The predicted molar refractivity (Wildman–Crippen MR) is 151 cm³/mol. The van der Waals surface area contributed by atoms with Gasteiger partial charge in [0.1, 0.15) is 6.04 Å². The molecule has 0 aromatic heterocycles. The van der Waals surface area contributed by atoms with Crippen molar-refractivity contribution in [1.29, 1.82) is 0 Å². The fourth-order valence-electron chi connectivity index (χ4n) is 6.43. The van der Waals surface area contributed by atoms with Crippen molar-refractivity contribution >= 4 is 29.5 Å². The van der Waals surface area contributed by atoms with Gasteiger partial charge in [-0.2, -0.15) is 0 Å². The molecule has 0 radical (unpaired) electrons. The zero-order chi connectivity index (χ0) is 27.2. The van der Waals surface area contributed by atoms with Gasteiger partial charge in [-0.25, -0.2) is 9.69 Å². The largest absolute Gasteiger partial charge is 0.451 e. The van der Waals surface area contributed by atoms with Gasteiger partial charge < -0.3 is 9.64 Å². The molecule has 3 aliphatic heterocycles. The zero-order valence-electron chi connectivity index (χ0n) is 21.5. The minimum atomic E-state index is -0.959. The summed E-state index contributed by atoms with van der Waals surface area (Å²) in [6, 6.07) is 34.5. The monoisotopic (exact) mass is 526 g/mol. The van der Waals surface area contributed by atoms with Crippen molar-refractivity contribution in [3.05, 3.63) is 144 Å². The molecular formula is C34H26N2O4. The van der Waals surface area contributed by atoms with E-state index in [0.29, 0.717) is 5.69 Å². The van der Waals surface area contributed by atoms with Crippen molar-refractivity contribution in [2.24, 2.45) is 11.8 Å². The molecule has 0 bridgehead atoms. The lowest BCUT2D eigenvalue weighted by atomic mass is 9.84. The highest BCUT2D eigenvalue weighted by Crippen LogP contribution is 2.53. The maximum Gasteiger partial charge on any atom is 0.330 e. The first kappa shape index (κ1) is 24.1. The third kappa shape index (κ3) is 3.75. The number of carbonyl (C=O) groups is 3. The van der Waals surface area contributed by atoms with Crippen molar-refractivity contribution in [3.63, 3.8) is 0 Å². The number of fused-ring (bicyclic) bond motifs is 5. The lowest BCUT2D eigenvalue weighted by molar-refractivity contribution is -0.155. The van der Waals surface area contributed by atoms with Gasteiger partial charge in [-0.05, 0) is 40.5 Å². The van der Waals surface area contributed by atoms with Gasteiger partial charge in [0.05, 0.1) is 23.6 Å². The lowest BCUT2D eigenvalue weighted by Crippen LogP contribution is -2.45. The summed E-state index contributed by atoms with van der Waals surface area (Å²) in [4.78, 5) is 45.4. The molecule has 0 N–H and O–H groups in total. The van der Waals surface area contributed by atoms with Crippen LogP contribution in [0, 0.1) is 11.8 Å². The first-order valence-electron chi connectivity index (χ1n) is 13.4. The molecule has 3 aliphatic rings. The number of imide groups is 1. The number of hydrogen-bond acceptors (Lipinski definition) is 5. The third-order valence-electron chi connectivity index (χ3n) is 8.16. The summed E-state index contributed by atoms with van der Waals surface area (Å²) in [5.41, 5.74) is 4.06. The summed E-state index contributed by atoms with van der Waals surface area (Å²) >= 11 is 0. The summed E-state index contributed by atoms with van der Waals surface area (Å²) in [7, 11) is 0. The minimum Gasteiger partial charge on any atom is -0.451 e. The average molecular weight is 527 g/mol. The van der Waals surface area contributed by atoms with E-state index in [9.17, 15) is 14.4 Å². The van der Waals surface area contributed by atoms with Crippen LogP contribution in [-0.2, 0) is 19.1 Å². The fourth-order valence-corrected chi connectivity index (χ4v) is 6.43. The Labute approximate surface area is 232 Å². The number of ether oxygens (including phenoxy) is 1. The molecule has 40 heavy (non-hydrogen) atoms. The Morgan fingerprint density at radius 1 is 0.675 bits per heavy atom. The van der Waals surface area contributed by atoms with Crippen molar-refractivity contribution in [1.82, 2.24) is 4.90 Å². The zero-order valence-corrected chi connectivity index (χ0v) is 21.5. The lowest BCUT2D eigenvalue weighted by Gasteiger charge is -2.35. The number of rotatable bonds is 5. The molecule has 2 amide bonds. The van der Waals surface area contributed by atoms with Crippen LogP contribution in [0.5, 0.6) is 0 Å². The summed E-state index contributed by atoms with van der Waals surface area (Å²) in [5.74, 6) is -2.80. The average Bonchev–Trinajstić information content (AvgIpc) is 3.49. The van der Waals surface area contributed by atoms with E-state index in [1.807, 2.05) is 108 Å². The molecule has 0 unspecified atom stereocenters. The molecule has 2 saturated heterocycles. The molecule has 4 aromatic rings. The van der Waals surface area contributed by atoms with E-state index in [2.05, 4.69) is 0 Å². The van der Waals surface area contributed by atoms with Crippen LogP contribution >= 0.6 is 0 Å². The third-order valence-corrected chi connectivity index (χ3v) is 8.16. The number of carbonyl (C=O) groups excluding carboxylic acids is 3. The molecular weight excluding hydrogens is 500 g/mol. The van der Waals surface area contributed by atoms with Gasteiger partial charge in [0.15, 0.2) is 6.10 Å². The Morgan fingerprint density at radius 3 is 1.88 bits per heavy atom. The van der Waals surface area contributed by atoms with E-state index >= 15 is 0 Å². The molecule has 0 saturated carbocycles. The second kappa shape index (κ2) is 9.65. The van der Waals surface area contributed by atoms with Crippen LogP contribution in [0.2, 0.25) is 0 Å². The summed E-state index contributed by atoms with van der Waals surface area (Å²) < 4.78 is 6.28. The number of benzene rings is 4. The number of hydrogen-bond donors (Lipinski definition) is 0. The second-order valence-corrected chi connectivity index (χ2v) is 10.3. The summed E-state index contributed by atoms with van der Waals surface area (Å²) in [5, 5.41) is 0. The van der Waals surface area contributed by atoms with Crippen LogP contribution in [0.4, 0.5) is 5.69 Å². The molecule has 6 heteroatoms. The van der Waals surface area contributed by atoms with Gasteiger partial charge >= 0.3 is 5.97 Å². The van der Waals surface area contributed by atoms with Gasteiger partial charge in [-0.1, -0.05) is 103 Å². The molecule has 2 fully saturated rings. The molecule has 3 heterocycles. The topological polar surface area (TPSA) is 66.9 Å². The predicted octanol–water partition coefficient (Wildman–Crippen LogP) is 5.53. The quantitative estimate of drug-likeness (QED) is 0.253. The van der Waals surface area contributed by atoms with E-state index in [4.69, 9.17) is 4.74 Å². The Kier molecular flexibility index (Phi) is 5.81. The molecule has 4 aromatic carbocycles. The number of para-hydroxylation sites is 1. The van der Waals surface area contributed by atoms with Crippen LogP contribution in [0.1, 0.15) is 34.4 Å². The van der Waals surface area contributed by atoms with Gasteiger partial charge in [-0.15, -0.1) is 0 Å². The van der Waals surface area contributed by atoms with Crippen LogP contribution in [0.15, 0.2) is 121 Å². The van der Waals surface area contributed by atoms with Crippen LogP contribution < -0.4 is 4.90 Å². The van der Waals surface area contributed by atoms with E-state index in [0.717, 1.165) is 22.3 Å². The summed E-state index contributed by atoms with van der Waals surface area (Å²) in [6.45, 7) is 0. The molecule has 0 spiro atoms. The smallest absolute Gasteiger partial charge is 0.330 e. The minimum absolute atomic E-state index is 0.292. The maximum atomic E-state index is 14.2. The normalized spacial score (nSPS) is 22.7.